The van der Waals surface area contributed by atoms with Crippen LogP contribution in [0.1, 0.15) is 121 Å². The van der Waals surface area contributed by atoms with Gasteiger partial charge in [-0.1, -0.05) is 12.2 Å². The number of carbonyl (C=O) groups excluding carboxylic acids is 3. The molecule has 10 atom stereocenters. The molecular weight excluding hydrogens is 720 g/mol. The summed E-state index contributed by atoms with van der Waals surface area (Å²) in [5.74, 6) is -1.93. The maximum atomic E-state index is 15.2. The number of likely N-dealkylation sites (N-methyl/N-ethyl adjacent to an activating group) is 2. The molecule has 0 amide bonds. The summed E-state index contributed by atoms with van der Waals surface area (Å²) in [4.78, 5) is 60.0. The molecule has 0 spiro atoms. The van der Waals surface area contributed by atoms with E-state index in [1.165, 1.54) is 19.1 Å². The Labute approximate surface area is 326 Å². The van der Waals surface area contributed by atoms with Gasteiger partial charge in [-0.2, -0.15) is 0 Å². The van der Waals surface area contributed by atoms with E-state index in [2.05, 4.69) is 0 Å². The first-order valence-electron chi connectivity index (χ1n) is 19.2. The number of hydrogen-bond donors (Lipinski definition) is 2. The lowest BCUT2D eigenvalue weighted by atomic mass is 9.74. The summed E-state index contributed by atoms with van der Waals surface area (Å²) >= 11 is 0. The maximum Gasteiger partial charge on any atom is 0.303 e. The van der Waals surface area contributed by atoms with E-state index in [1.807, 2.05) is 64.0 Å². The number of phenols is 1. The number of aliphatic hydroxyl groups excluding tert-OH is 1. The second-order valence-corrected chi connectivity index (χ2v) is 16.7. The van der Waals surface area contributed by atoms with Crippen LogP contribution in [-0.2, 0) is 29.3 Å². The van der Waals surface area contributed by atoms with Gasteiger partial charge in [-0.15, -0.1) is 0 Å². The molecule has 0 saturated carbocycles. The topological polar surface area (TPSA) is 169 Å². The quantitative estimate of drug-likeness (QED) is 0.146. The van der Waals surface area contributed by atoms with Gasteiger partial charge < -0.3 is 43.4 Å². The number of ether oxygens (including phenoxy) is 4. The van der Waals surface area contributed by atoms with Gasteiger partial charge in [0, 0.05) is 35.7 Å². The van der Waals surface area contributed by atoms with Gasteiger partial charge in [-0.25, -0.2) is 0 Å². The Balaban J connectivity index is 1.47. The molecule has 1 aliphatic carbocycles. The fourth-order valence-electron chi connectivity index (χ4n) is 9.12. The van der Waals surface area contributed by atoms with E-state index in [1.54, 1.807) is 33.8 Å². The molecule has 3 aromatic rings. The summed E-state index contributed by atoms with van der Waals surface area (Å²) in [5.41, 5.74) is -1.48. The molecule has 2 aromatic carbocycles. The first-order chi connectivity index (χ1) is 26.2. The number of aromatic hydroxyl groups is 1. The SMILES string of the molecule is C/C=C\C1OC1(C)c1cc(=O)c2c(C)cc3c(c2o1)C(=O)c1c(O)c([C@H]2C[C@](C)(N(C)C)[C@@H](OC(C)=O)[C@@H](C)O2)cc([C@@H]2C[C@H](N(C)C)[C@@H](O)[C@@H](C)O2)c1C3=O. The van der Waals surface area contributed by atoms with Crippen molar-refractivity contribution >= 4 is 28.5 Å². The molecule has 7 rings (SSSR count). The van der Waals surface area contributed by atoms with Crippen molar-refractivity contribution in [2.75, 3.05) is 28.2 Å². The van der Waals surface area contributed by atoms with Gasteiger partial charge in [0.25, 0.3) is 0 Å². The first-order valence-corrected chi connectivity index (χ1v) is 19.2. The third kappa shape index (κ3) is 6.14. The normalized spacial score (nSPS) is 33.0. The summed E-state index contributed by atoms with van der Waals surface area (Å²) in [7, 11) is 7.45. The molecule has 3 aliphatic heterocycles. The predicted octanol–water partition coefficient (Wildman–Crippen LogP) is 5.02. The lowest BCUT2D eigenvalue weighted by Gasteiger charge is -2.50. The van der Waals surface area contributed by atoms with Crippen LogP contribution in [0.15, 0.2) is 39.6 Å². The Morgan fingerprint density at radius 1 is 0.946 bits per heavy atom. The second kappa shape index (κ2) is 14.0. The van der Waals surface area contributed by atoms with Crippen LogP contribution in [-0.4, -0.2) is 108 Å². The highest BCUT2D eigenvalue weighted by atomic mass is 16.6. The number of nitrogens with zero attached hydrogens (tertiary/aromatic N) is 2. The number of carbonyl (C=O) groups is 3. The fraction of sp³-hybridized carbons (Fsp3) is 0.535. The first kappa shape index (κ1) is 40.0. The van der Waals surface area contributed by atoms with Crippen LogP contribution in [0.2, 0.25) is 0 Å². The van der Waals surface area contributed by atoms with E-state index in [9.17, 15) is 19.8 Å². The van der Waals surface area contributed by atoms with Crippen LogP contribution in [0.25, 0.3) is 11.0 Å². The van der Waals surface area contributed by atoms with Crippen LogP contribution >= 0.6 is 0 Å². The molecule has 0 radical (unpaired) electrons. The number of ketones is 2. The minimum atomic E-state index is -0.959. The molecule has 56 heavy (non-hydrogen) atoms. The number of phenolic OH excluding ortho intramolecular Hbond substituents is 1. The average Bonchev–Trinajstić information content (AvgIpc) is 3.78. The Morgan fingerprint density at radius 2 is 1.62 bits per heavy atom. The van der Waals surface area contributed by atoms with Crippen LogP contribution in [0, 0.1) is 6.92 Å². The Kier molecular flexibility index (Phi) is 9.99. The average molecular weight is 773 g/mol. The van der Waals surface area contributed by atoms with E-state index in [0.717, 1.165) is 0 Å². The van der Waals surface area contributed by atoms with Gasteiger partial charge in [-0.3, -0.25) is 19.2 Å². The highest BCUT2D eigenvalue weighted by Crippen LogP contribution is 2.51. The zero-order valence-corrected chi connectivity index (χ0v) is 33.9. The Morgan fingerprint density at radius 3 is 2.25 bits per heavy atom. The molecular formula is C43H52N2O11. The number of rotatable bonds is 7. The van der Waals surface area contributed by atoms with E-state index >= 15 is 9.59 Å². The summed E-state index contributed by atoms with van der Waals surface area (Å²) in [5, 5.41) is 23.6. The van der Waals surface area contributed by atoms with Crippen molar-refractivity contribution in [2.24, 2.45) is 0 Å². The van der Waals surface area contributed by atoms with Gasteiger partial charge in [0.05, 0.1) is 52.6 Å². The Hall–Kier alpha value is -4.24. The molecule has 1 aromatic heterocycles. The standard InChI is InChI=1S/C43H52N2O11/c1-12-13-30-43(7,56-30)31-17-27(47)32-19(2)14-25-34(40(32)55-31)39(51)35-33(38(25)50)23(28-16-26(44(8)9)36(48)20(3)52-28)15-24(37(35)49)29-18-42(6,45(10)11)41(21(4)53-29)54-22(5)46/h12-15,17,20-21,26,28-30,36,41,48-49H,16,18H2,1-11H3/b13-12-/t20-,21-,26+,28+,29-,30?,36+,41+,42+,43?/m1/s1. The molecule has 2 unspecified atom stereocenters. The third-order valence-electron chi connectivity index (χ3n) is 12.6. The van der Waals surface area contributed by atoms with Gasteiger partial charge in [0.15, 0.2) is 16.8 Å². The molecule has 3 fully saturated rings. The van der Waals surface area contributed by atoms with Gasteiger partial charge in [0.2, 0.25) is 5.78 Å². The smallest absolute Gasteiger partial charge is 0.303 e. The molecule has 13 heteroatoms. The van der Waals surface area contributed by atoms with Gasteiger partial charge >= 0.3 is 5.97 Å². The van der Waals surface area contributed by atoms with E-state index < -0.39 is 76.5 Å². The van der Waals surface area contributed by atoms with Crippen LogP contribution in [0.5, 0.6) is 5.75 Å². The van der Waals surface area contributed by atoms with E-state index in [0.29, 0.717) is 11.1 Å². The van der Waals surface area contributed by atoms with Crippen molar-refractivity contribution in [3.8, 4) is 5.75 Å². The van der Waals surface area contributed by atoms with Crippen LogP contribution in [0.3, 0.4) is 0 Å². The number of aliphatic hydroxyl groups is 1. The van der Waals surface area contributed by atoms with Crippen molar-refractivity contribution in [1.82, 2.24) is 9.80 Å². The molecule has 300 valence electrons. The van der Waals surface area contributed by atoms with Crippen molar-refractivity contribution in [1.29, 1.82) is 0 Å². The minimum absolute atomic E-state index is 0.0187. The van der Waals surface area contributed by atoms with Crippen molar-refractivity contribution in [3.05, 3.63) is 85.3 Å². The third-order valence-corrected chi connectivity index (χ3v) is 12.6. The number of hydrogen-bond acceptors (Lipinski definition) is 13. The van der Waals surface area contributed by atoms with Crippen LogP contribution in [0.4, 0.5) is 0 Å². The lowest BCUT2D eigenvalue weighted by Crippen LogP contribution is -2.61. The van der Waals surface area contributed by atoms with Gasteiger partial charge in [0.1, 0.15) is 29.3 Å². The number of epoxide rings is 1. The monoisotopic (exact) mass is 772 g/mol. The summed E-state index contributed by atoms with van der Waals surface area (Å²) in [6.45, 7) is 12.2. The van der Waals surface area contributed by atoms with E-state index in [4.69, 9.17) is 23.4 Å². The van der Waals surface area contributed by atoms with Crippen molar-refractivity contribution < 1.29 is 48.0 Å². The second-order valence-electron chi connectivity index (χ2n) is 16.7. The van der Waals surface area contributed by atoms with Crippen molar-refractivity contribution in [3.63, 3.8) is 0 Å². The lowest BCUT2D eigenvalue weighted by molar-refractivity contribution is -0.201. The Bertz CT molecular complexity index is 2240. The number of esters is 1. The largest absolute Gasteiger partial charge is 0.507 e. The zero-order valence-electron chi connectivity index (χ0n) is 33.9. The number of fused-ring (bicyclic) bond motifs is 4. The van der Waals surface area contributed by atoms with E-state index in [-0.39, 0.29) is 69.5 Å². The summed E-state index contributed by atoms with van der Waals surface area (Å²) in [6, 6.07) is 4.22. The predicted molar refractivity (Wildman–Crippen MR) is 206 cm³/mol. The highest BCUT2D eigenvalue weighted by molar-refractivity contribution is 6.33. The van der Waals surface area contributed by atoms with Crippen LogP contribution < -0.4 is 5.43 Å². The molecule has 2 N–H and O–H groups in total. The summed E-state index contributed by atoms with van der Waals surface area (Å²) in [6.07, 6.45) is -0.535. The minimum Gasteiger partial charge on any atom is -0.507 e. The van der Waals surface area contributed by atoms with Gasteiger partial charge in [-0.05, 0) is 106 Å². The fourth-order valence-corrected chi connectivity index (χ4v) is 9.12. The van der Waals surface area contributed by atoms with Crippen molar-refractivity contribution in [2.45, 2.75) is 121 Å². The molecule has 3 saturated heterocycles. The molecule has 13 nitrogen and oxygen atoms in total. The highest BCUT2D eigenvalue weighted by Gasteiger charge is 2.55. The number of allylic oxidation sites excluding steroid dienone is 1. The summed E-state index contributed by atoms with van der Waals surface area (Å²) < 4.78 is 31.1. The maximum absolute atomic E-state index is 15.2. The molecule has 4 aliphatic rings. The molecule has 4 heterocycles. The molecule has 0 bridgehead atoms. The number of aryl methyl sites for hydroxylation is 1. The number of benzene rings is 2. The zero-order chi connectivity index (χ0) is 40.9.